The molecule has 1 N–H and O–H groups in total. The number of H-pyrrole nitrogens is 1. The van der Waals surface area contributed by atoms with Crippen molar-refractivity contribution in [3.63, 3.8) is 0 Å². The zero-order valence-electron chi connectivity index (χ0n) is 12.5. The van der Waals surface area contributed by atoms with E-state index in [2.05, 4.69) is 41.2 Å². The predicted molar refractivity (Wildman–Crippen MR) is 89.4 cm³/mol. The summed E-state index contributed by atoms with van der Waals surface area (Å²) in [5.74, 6) is 1.83. The lowest BCUT2D eigenvalue weighted by Gasteiger charge is -1.97. The van der Waals surface area contributed by atoms with Crippen LogP contribution >= 0.6 is 0 Å². The number of aldehydes is 1. The minimum atomic E-state index is 0.324. The molecule has 112 valence electrons. The summed E-state index contributed by atoms with van der Waals surface area (Å²) in [6.45, 7) is 2.06. The summed E-state index contributed by atoms with van der Waals surface area (Å²) in [4.78, 5) is 18.7. The Morgan fingerprint density at radius 3 is 2.52 bits per heavy atom. The summed E-state index contributed by atoms with van der Waals surface area (Å²) in [6.07, 6.45) is 0.702. The number of aromatic amines is 1. The van der Waals surface area contributed by atoms with E-state index in [-0.39, 0.29) is 0 Å². The van der Waals surface area contributed by atoms with Crippen molar-refractivity contribution in [1.82, 2.24) is 9.97 Å². The number of benzene rings is 2. The van der Waals surface area contributed by atoms with Gasteiger partial charge in [-0.25, -0.2) is 4.98 Å². The molecule has 0 aliphatic heterocycles. The molecule has 0 radical (unpaired) electrons. The number of imidazole rings is 1. The number of fused-ring (bicyclic) bond motifs is 1. The summed E-state index contributed by atoms with van der Waals surface area (Å²) in [6, 6.07) is 17.6. The highest BCUT2D eigenvalue weighted by Gasteiger charge is 2.09. The molecule has 4 heteroatoms. The third-order valence-corrected chi connectivity index (χ3v) is 3.83. The van der Waals surface area contributed by atoms with E-state index in [9.17, 15) is 4.79 Å². The van der Waals surface area contributed by atoms with Gasteiger partial charge in [-0.1, -0.05) is 29.8 Å². The van der Waals surface area contributed by atoms with E-state index < -0.39 is 0 Å². The fourth-order valence-electron chi connectivity index (χ4n) is 2.58. The van der Waals surface area contributed by atoms with Gasteiger partial charge < -0.3 is 9.40 Å². The molecule has 4 aromatic rings. The first-order valence-corrected chi connectivity index (χ1v) is 7.35. The minimum absolute atomic E-state index is 0.324. The molecule has 0 atom stereocenters. The van der Waals surface area contributed by atoms with Gasteiger partial charge in [0.15, 0.2) is 12.0 Å². The highest BCUT2D eigenvalue weighted by atomic mass is 16.3. The number of hydrogen-bond donors (Lipinski definition) is 1. The molecule has 23 heavy (non-hydrogen) atoms. The smallest absolute Gasteiger partial charge is 0.185 e. The molecule has 2 aromatic carbocycles. The molecule has 4 nitrogen and oxygen atoms in total. The van der Waals surface area contributed by atoms with Crippen LogP contribution in [0.5, 0.6) is 0 Å². The van der Waals surface area contributed by atoms with E-state index in [1.807, 2.05) is 18.2 Å². The van der Waals surface area contributed by atoms with Crippen LogP contribution in [0.1, 0.15) is 16.1 Å². The average Bonchev–Trinajstić information content (AvgIpc) is 3.21. The molecule has 4 rings (SSSR count). The number of aryl methyl sites for hydroxylation is 1. The van der Waals surface area contributed by atoms with Gasteiger partial charge in [-0.2, -0.15) is 0 Å². The molecule has 0 saturated heterocycles. The highest BCUT2D eigenvalue weighted by Crippen LogP contribution is 2.27. The van der Waals surface area contributed by atoms with Gasteiger partial charge in [0, 0.05) is 11.1 Å². The molecule has 0 aliphatic carbocycles. The molecule has 0 unspecified atom stereocenters. The number of nitrogens with one attached hydrogen (secondary N) is 1. The number of rotatable bonds is 3. The van der Waals surface area contributed by atoms with Crippen LogP contribution in [0.4, 0.5) is 0 Å². The quantitative estimate of drug-likeness (QED) is 0.562. The topological polar surface area (TPSA) is 58.9 Å². The van der Waals surface area contributed by atoms with Gasteiger partial charge in [-0.05, 0) is 37.3 Å². The van der Waals surface area contributed by atoms with E-state index in [0.29, 0.717) is 17.8 Å². The van der Waals surface area contributed by atoms with Crippen molar-refractivity contribution in [2.24, 2.45) is 0 Å². The van der Waals surface area contributed by atoms with Gasteiger partial charge >= 0.3 is 0 Å². The van der Waals surface area contributed by atoms with Crippen molar-refractivity contribution in [2.45, 2.75) is 6.92 Å². The summed E-state index contributed by atoms with van der Waals surface area (Å²) in [5.41, 5.74) is 5.00. The largest absolute Gasteiger partial charge is 0.453 e. The lowest BCUT2D eigenvalue weighted by molar-refractivity contribution is 0.110. The normalized spacial score (nSPS) is 11.0. The Balaban J connectivity index is 1.77. The number of hydrogen-bond acceptors (Lipinski definition) is 3. The number of carbonyl (C=O) groups excluding carboxylic acids is 1. The molecule has 0 fully saturated rings. The van der Waals surface area contributed by atoms with Crippen molar-refractivity contribution < 1.29 is 9.21 Å². The maximum absolute atomic E-state index is 10.7. The number of aromatic nitrogens is 2. The second-order valence-electron chi connectivity index (χ2n) is 5.50. The predicted octanol–water partition coefficient (Wildman–Crippen LogP) is 4.61. The molecule has 0 spiro atoms. The average molecular weight is 302 g/mol. The van der Waals surface area contributed by atoms with Crippen LogP contribution in [0.3, 0.4) is 0 Å². The number of carbonyl (C=O) groups is 1. The Labute approximate surface area is 132 Å². The number of nitrogens with zero attached hydrogens (tertiary/aromatic N) is 1. The van der Waals surface area contributed by atoms with E-state index in [0.717, 1.165) is 28.0 Å². The molecule has 0 bridgehead atoms. The first-order valence-electron chi connectivity index (χ1n) is 7.35. The van der Waals surface area contributed by atoms with Crippen LogP contribution in [0, 0.1) is 6.92 Å². The standard InChI is InChI=1S/C19H14N2O2/c1-12-2-4-13(5-3-12)19-20-16-8-6-14(10-17(16)21-19)18-9-7-15(11-22)23-18/h2-11H,1H3,(H,20,21). The SMILES string of the molecule is Cc1ccc(-c2nc3ccc(-c4ccc(C=O)o4)cc3[nH]2)cc1. The molecule has 0 aliphatic rings. The van der Waals surface area contributed by atoms with Crippen molar-refractivity contribution in [3.05, 3.63) is 65.9 Å². The molecule has 0 amide bonds. The molecular weight excluding hydrogens is 288 g/mol. The van der Waals surface area contributed by atoms with Gasteiger partial charge in [0.1, 0.15) is 11.6 Å². The van der Waals surface area contributed by atoms with E-state index in [4.69, 9.17) is 4.42 Å². The minimum Gasteiger partial charge on any atom is -0.453 e. The van der Waals surface area contributed by atoms with Gasteiger partial charge in [-0.3, -0.25) is 4.79 Å². The van der Waals surface area contributed by atoms with Crippen LogP contribution < -0.4 is 0 Å². The van der Waals surface area contributed by atoms with Gasteiger partial charge in [0.25, 0.3) is 0 Å². The first kappa shape index (κ1) is 13.5. The lowest BCUT2D eigenvalue weighted by atomic mass is 10.1. The van der Waals surface area contributed by atoms with Crippen molar-refractivity contribution in [1.29, 1.82) is 0 Å². The second kappa shape index (κ2) is 5.25. The maximum atomic E-state index is 10.7. The fraction of sp³-hybridized carbons (Fsp3) is 0.0526. The van der Waals surface area contributed by atoms with Gasteiger partial charge in [0.2, 0.25) is 0 Å². The maximum Gasteiger partial charge on any atom is 0.185 e. The van der Waals surface area contributed by atoms with E-state index in [1.54, 1.807) is 12.1 Å². The van der Waals surface area contributed by atoms with Gasteiger partial charge in [0.05, 0.1) is 11.0 Å². The fourth-order valence-corrected chi connectivity index (χ4v) is 2.58. The van der Waals surface area contributed by atoms with Crippen LogP contribution in [0.2, 0.25) is 0 Å². The van der Waals surface area contributed by atoms with E-state index in [1.165, 1.54) is 5.56 Å². The van der Waals surface area contributed by atoms with Crippen molar-refractivity contribution in [2.75, 3.05) is 0 Å². The molecule has 0 saturated carbocycles. The summed E-state index contributed by atoms with van der Waals surface area (Å²) < 4.78 is 5.47. The molecule has 2 aromatic heterocycles. The van der Waals surface area contributed by atoms with Crippen molar-refractivity contribution in [3.8, 4) is 22.7 Å². The first-order chi connectivity index (χ1) is 11.2. The number of furan rings is 1. The van der Waals surface area contributed by atoms with Crippen molar-refractivity contribution >= 4 is 17.3 Å². The Morgan fingerprint density at radius 2 is 1.78 bits per heavy atom. The molecular formula is C19H14N2O2. The third-order valence-electron chi connectivity index (χ3n) is 3.83. The summed E-state index contributed by atoms with van der Waals surface area (Å²) >= 11 is 0. The Kier molecular flexibility index (Phi) is 3.08. The van der Waals surface area contributed by atoms with E-state index >= 15 is 0 Å². The third kappa shape index (κ3) is 2.44. The Hall–Kier alpha value is -3.14. The van der Waals surface area contributed by atoms with Crippen LogP contribution in [0.25, 0.3) is 33.7 Å². The van der Waals surface area contributed by atoms with Crippen LogP contribution in [0.15, 0.2) is 59.0 Å². The lowest BCUT2D eigenvalue weighted by Crippen LogP contribution is -1.80. The summed E-state index contributed by atoms with van der Waals surface area (Å²) in [7, 11) is 0. The highest BCUT2D eigenvalue weighted by molar-refractivity contribution is 5.84. The Bertz CT molecular complexity index is 994. The van der Waals surface area contributed by atoms with Crippen LogP contribution in [-0.2, 0) is 0 Å². The Morgan fingerprint density at radius 1 is 1.00 bits per heavy atom. The summed E-state index contributed by atoms with van der Waals surface area (Å²) in [5, 5.41) is 0. The second-order valence-corrected chi connectivity index (χ2v) is 5.50. The molecule has 2 heterocycles. The zero-order valence-corrected chi connectivity index (χ0v) is 12.5. The van der Waals surface area contributed by atoms with Crippen LogP contribution in [-0.4, -0.2) is 16.3 Å². The monoisotopic (exact) mass is 302 g/mol. The zero-order chi connectivity index (χ0) is 15.8. The van der Waals surface area contributed by atoms with Gasteiger partial charge in [-0.15, -0.1) is 0 Å².